The molecule has 1 unspecified atom stereocenters. The SMILES string of the molecule is CCCNC(CC(C)(C)C)c1ccc(C(C)(C)C)cc1. The molecule has 1 N–H and O–H groups in total. The zero-order valence-electron chi connectivity index (χ0n) is 14.5. The van der Waals surface area contributed by atoms with Crippen molar-refractivity contribution in [3.05, 3.63) is 35.4 Å². The summed E-state index contributed by atoms with van der Waals surface area (Å²) in [5.41, 5.74) is 3.40. The third-order valence-electron chi connectivity index (χ3n) is 3.64. The molecular weight excluding hydrogens is 242 g/mol. The van der Waals surface area contributed by atoms with Crippen molar-refractivity contribution in [2.45, 2.75) is 72.8 Å². The number of hydrogen-bond acceptors (Lipinski definition) is 1. The van der Waals surface area contributed by atoms with E-state index < -0.39 is 0 Å². The normalized spacial score (nSPS) is 14.3. The number of rotatable bonds is 5. The van der Waals surface area contributed by atoms with Gasteiger partial charge in [-0.15, -0.1) is 0 Å². The van der Waals surface area contributed by atoms with Crippen LogP contribution in [0.5, 0.6) is 0 Å². The van der Waals surface area contributed by atoms with Gasteiger partial charge in [-0.1, -0.05) is 72.7 Å². The van der Waals surface area contributed by atoms with Crippen molar-refractivity contribution < 1.29 is 0 Å². The predicted molar refractivity (Wildman–Crippen MR) is 90.2 cm³/mol. The first-order chi connectivity index (χ1) is 9.13. The number of benzene rings is 1. The molecule has 0 heterocycles. The van der Waals surface area contributed by atoms with Crippen LogP contribution in [0.2, 0.25) is 0 Å². The quantitative estimate of drug-likeness (QED) is 0.752. The third-order valence-corrected chi connectivity index (χ3v) is 3.64. The molecule has 20 heavy (non-hydrogen) atoms. The van der Waals surface area contributed by atoms with Gasteiger partial charge in [-0.25, -0.2) is 0 Å². The van der Waals surface area contributed by atoms with Crippen LogP contribution in [0.25, 0.3) is 0 Å². The molecule has 1 atom stereocenters. The molecule has 114 valence electrons. The van der Waals surface area contributed by atoms with Crippen LogP contribution >= 0.6 is 0 Å². The first-order valence-corrected chi connectivity index (χ1v) is 7.97. The molecule has 1 aromatic carbocycles. The number of hydrogen-bond donors (Lipinski definition) is 1. The zero-order valence-corrected chi connectivity index (χ0v) is 14.5. The average Bonchev–Trinajstić information content (AvgIpc) is 2.32. The van der Waals surface area contributed by atoms with Gasteiger partial charge < -0.3 is 5.32 Å². The van der Waals surface area contributed by atoms with Crippen LogP contribution < -0.4 is 5.32 Å². The van der Waals surface area contributed by atoms with E-state index in [9.17, 15) is 0 Å². The van der Waals surface area contributed by atoms with Crippen molar-refractivity contribution in [3.63, 3.8) is 0 Å². The summed E-state index contributed by atoms with van der Waals surface area (Å²) in [4.78, 5) is 0. The van der Waals surface area contributed by atoms with Gasteiger partial charge in [-0.05, 0) is 41.3 Å². The molecule has 1 aromatic rings. The van der Waals surface area contributed by atoms with Crippen molar-refractivity contribution in [1.29, 1.82) is 0 Å². The molecule has 0 spiro atoms. The average molecular weight is 275 g/mol. The van der Waals surface area contributed by atoms with Crippen LogP contribution in [0.4, 0.5) is 0 Å². The van der Waals surface area contributed by atoms with Crippen molar-refractivity contribution in [2.24, 2.45) is 5.41 Å². The summed E-state index contributed by atoms with van der Waals surface area (Å²) in [6.45, 7) is 17.1. The van der Waals surface area contributed by atoms with E-state index in [0.717, 1.165) is 6.54 Å². The van der Waals surface area contributed by atoms with Gasteiger partial charge in [0, 0.05) is 6.04 Å². The summed E-state index contributed by atoms with van der Waals surface area (Å²) in [6, 6.07) is 9.65. The fourth-order valence-corrected chi connectivity index (χ4v) is 2.45. The molecule has 0 saturated carbocycles. The molecule has 0 saturated heterocycles. The molecule has 1 rings (SSSR count). The number of nitrogens with one attached hydrogen (secondary N) is 1. The molecule has 0 radical (unpaired) electrons. The summed E-state index contributed by atoms with van der Waals surface area (Å²) in [6.07, 6.45) is 2.35. The lowest BCUT2D eigenvalue weighted by Gasteiger charge is -2.28. The van der Waals surface area contributed by atoms with Crippen LogP contribution in [-0.2, 0) is 5.41 Å². The van der Waals surface area contributed by atoms with Crippen LogP contribution in [0.3, 0.4) is 0 Å². The van der Waals surface area contributed by atoms with E-state index in [-0.39, 0.29) is 5.41 Å². The largest absolute Gasteiger partial charge is 0.310 e. The Morgan fingerprint density at radius 1 is 0.950 bits per heavy atom. The topological polar surface area (TPSA) is 12.0 Å². The molecule has 0 fully saturated rings. The molecule has 0 aliphatic heterocycles. The van der Waals surface area contributed by atoms with Crippen LogP contribution in [-0.4, -0.2) is 6.54 Å². The van der Waals surface area contributed by atoms with Crippen molar-refractivity contribution >= 4 is 0 Å². The summed E-state index contributed by atoms with van der Waals surface area (Å²) < 4.78 is 0. The maximum absolute atomic E-state index is 3.70. The maximum Gasteiger partial charge on any atom is 0.0325 e. The van der Waals surface area contributed by atoms with Gasteiger partial charge in [0.2, 0.25) is 0 Å². The molecular formula is C19H33N. The summed E-state index contributed by atoms with van der Waals surface area (Å²) in [7, 11) is 0. The Labute approximate surface area is 126 Å². The van der Waals surface area contributed by atoms with Gasteiger partial charge >= 0.3 is 0 Å². The fourth-order valence-electron chi connectivity index (χ4n) is 2.45. The van der Waals surface area contributed by atoms with Crippen molar-refractivity contribution in [3.8, 4) is 0 Å². The molecule has 0 aliphatic carbocycles. The zero-order chi connectivity index (χ0) is 15.4. The first-order valence-electron chi connectivity index (χ1n) is 7.97. The molecule has 0 amide bonds. The monoisotopic (exact) mass is 275 g/mol. The minimum atomic E-state index is 0.231. The molecule has 0 aromatic heterocycles. The minimum Gasteiger partial charge on any atom is -0.310 e. The Morgan fingerprint density at radius 2 is 1.50 bits per heavy atom. The summed E-state index contributed by atoms with van der Waals surface area (Å²) in [5.74, 6) is 0. The van der Waals surface area contributed by atoms with Crippen LogP contribution in [0.15, 0.2) is 24.3 Å². The smallest absolute Gasteiger partial charge is 0.0325 e. The second-order valence-electron chi connectivity index (χ2n) is 8.14. The van der Waals surface area contributed by atoms with E-state index in [1.165, 1.54) is 24.0 Å². The summed E-state index contributed by atoms with van der Waals surface area (Å²) in [5, 5.41) is 3.70. The van der Waals surface area contributed by atoms with E-state index >= 15 is 0 Å². The Balaban J connectivity index is 2.90. The second-order valence-corrected chi connectivity index (χ2v) is 8.14. The Hall–Kier alpha value is -0.820. The lowest BCUT2D eigenvalue weighted by Crippen LogP contribution is -2.26. The highest BCUT2D eigenvalue weighted by molar-refractivity contribution is 5.29. The van der Waals surface area contributed by atoms with Crippen molar-refractivity contribution in [1.82, 2.24) is 5.32 Å². The molecule has 1 heteroatoms. The van der Waals surface area contributed by atoms with Gasteiger partial charge in [0.05, 0.1) is 0 Å². The lowest BCUT2D eigenvalue weighted by atomic mass is 9.83. The molecule has 0 bridgehead atoms. The standard InChI is InChI=1S/C19H33N/c1-8-13-20-17(14-18(2,3)4)15-9-11-16(12-10-15)19(5,6)7/h9-12,17,20H,8,13-14H2,1-7H3. The highest BCUT2D eigenvalue weighted by atomic mass is 14.9. The fraction of sp³-hybridized carbons (Fsp3) is 0.684. The molecule has 0 aliphatic rings. The Bertz CT molecular complexity index is 389. The van der Waals surface area contributed by atoms with E-state index in [4.69, 9.17) is 0 Å². The van der Waals surface area contributed by atoms with Crippen LogP contribution in [0.1, 0.15) is 78.5 Å². The highest BCUT2D eigenvalue weighted by Gasteiger charge is 2.20. The van der Waals surface area contributed by atoms with Gasteiger partial charge in [0.25, 0.3) is 0 Å². The van der Waals surface area contributed by atoms with E-state index in [1.807, 2.05) is 0 Å². The van der Waals surface area contributed by atoms with Gasteiger partial charge in [0.1, 0.15) is 0 Å². The van der Waals surface area contributed by atoms with E-state index in [2.05, 4.69) is 78.0 Å². The third kappa shape index (κ3) is 5.66. The highest BCUT2D eigenvalue weighted by Crippen LogP contribution is 2.31. The van der Waals surface area contributed by atoms with Gasteiger partial charge in [-0.2, -0.15) is 0 Å². The summed E-state index contributed by atoms with van der Waals surface area (Å²) >= 11 is 0. The Morgan fingerprint density at radius 3 is 1.90 bits per heavy atom. The van der Waals surface area contributed by atoms with E-state index in [1.54, 1.807) is 0 Å². The predicted octanol–water partition coefficient (Wildman–Crippen LogP) is 5.46. The van der Waals surface area contributed by atoms with E-state index in [0.29, 0.717) is 11.5 Å². The second kappa shape index (κ2) is 6.76. The van der Waals surface area contributed by atoms with Crippen LogP contribution in [0, 0.1) is 5.41 Å². The maximum atomic E-state index is 3.70. The first kappa shape index (κ1) is 17.2. The Kier molecular flexibility index (Phi) is 5.82. The minimum absolute atomic E-state index is 0.231. The van der Waals surface area contributed by atoms with Gasteiger partial charge in [0.15, 0.2) is 0 Å². The van der Waals surface area contributed by atoms with Gasteiger partial charge in [-0.3, -0.25) is 0 Å². The lowest BCUT2D eigenvalue weighted by molar-refractivity contribution is 0.311. The molecule has 1 nitrogen and oxygen atoms in total. The van der Waals surface area contributed by atoms with Crippen molar-refractivity contribution in [2.75, 3.05) is 6.54 Å².